The molecular weight excluding hydrogens is 277 g/mol. The molecule has 1 amide bonds. The molecule has 0 bridgehead atoms. The van der Waals surface area contributed by atoms with Crippen molar-refractivity contribution >= 4 is 11.9 Å². The minimum Gasteiger partial charge on any atom is -0.480 e. The van der Waals surface area contributed by atoms with Crippen LogP contribution in [0.2, 0.25) is 0 Å². The Bertz CT molecular complexity index is 373. The maximum Gasteiger partial charge on any atom is 0.401 e. The summed E-state index contributed by atoms with van der Waals surface area (Å²) in [6, 6.07) is 0. The molecule has 0 aliphatic heterocycles. The highest BCUT2D eigenvalue weighted by atomic mass is 19.4. The highest BCUT2D eigenvalue weighted by Gasteiger charge is 2.43. The van der Waals surface area contributed by atoms with Crippen molar-refractivity contribution < 1.29 is 27.9 Å². The third kappa shape index (κ3) is 4.99. The number of carbonyl (C=O) groups excluding carboxylic acids is 1. The van der Waals surface area contributed by atoms with Crippen molar-refractivity contribution in [3.8, 4) is 0 Å². The van der Waals surface area contributed by atoms with Crippen molar-refractivity contribution in [1.82, 2.24) is 10.6 Å². The Morgan fingerprint density at radius 1 is 1.40 bits per heavy atom. The second-order valence-electron chi connectivity index (χ2n) is 5.36. The van der Waals surface area contributed by atoms with E-state index in [0.717, 1.165) is 6.42 Å². The Labute approximate surface area is 114 Å². The smallest absolute Gasteiger partial charge is 0.401 e. The summed E-state index contributed by atoms with van der Waals surface area (Å²) in [6.07, 6.45) is -2.24. The molecule has 116 valence electrons. The molecule has 0 saturated heterocycles. The van der Waals surface area contributed by atoms with E-state index in [1.54, 1.807) is 0 Å². The number of alkyl halides is 3. The molecule has 1 fully saturated rings. The van der Waals surface area contributed by atoms with Crippen molar-refractivity contribution in [3.05, 3.63) is 0 Å². The van der Waals surface area contributed by atoms with Crippen LogP contribution in [-0.4, -0.2) is 41.8 Å². The second kappa shape index (κ2) is 6.43. The molecule has 2 unspecified atom stereocenters. The highest BCUT2D eigenvalue weighted by Crippen LogP contribution is 2.32. The summed E-state index contributed by atoms with van der Waals surface area (Å²) >= 11 is 0. The average molecular weight is 296 g/mol. The van der Waals surface area contributed by atoms with E-state index in [2.05, 4.69) is 5.32 Å². The van der Waals surface area contributed by atoms with Crippen LogP contribution in [0.1, 0.15) is 32.6 Å². The summed E-state index contributed by atoms with van der Waals surface area (Å²) in [4.78, 5) is 23.0. The molecule has 8 heteroatoms. The van der Waals surface area contributed by atoms with Gasteiger partial charge in [0.1, 0.15) is 5.54 Å². The van der Waals surface area contributed by atoms with E-state index in [9.17, 15) is 27.9 Å². The van der Waals surface area contributed by atoms with Crippen LogP contribution in [-0.2, 0) is 9.59 Å². The molecule has 5 nitrogen and oxygen atoms in total. The first kappa shape index (κ1) is 16.7. The average Bonchev–Trinajstić information content (AvgIpc) is 2.26. The first-order valence-corrected chi connectivity index (χ1v) is 6.46. The molecule has 2 atom stereocenters. The van der Waals surface area contributed by atoms with Gasteiger partial charge in [-0.25, -0.2) is 4.79 Å². The van der Waals surface area contributed by atoms with E-state index in [-0.39, 0.29) is 5.92 Å². The van der Waals surface area contributed by atoms with Crippen LogP contribution < -0.4 is 10.6 Å². The van der Waals surface area contributed by atoms with Gasteiger partial charge in [-0.2, -0.15) is 13.2 Å². The minimum absolute atomic E-state index is 0.156. The minimum atomic E-state index is -4.40. The normalized spacial score (nSPS) is 27.1. The van der Waals surface area contributed by atoms with Gasteiger partial charge in [0, 0.05) is 0 Å². The van der Waals surface area contributed by atoms with Gasteiger partial charge >= 0.3 is 12.1 Å². The molecule has 0 heterocycles. The number of carboxylic acid groups (broad SMARTS) is 1. The Balaban J connectivity index is 2.54. The number of carbonyl (C=O) groups is 2. The van der Waals surface area contributed by atoms with Gasteiger partial charge in [-0.3, -0.25) is 4.79 Å². The molecule has 1 saturated carbocycles. The Hall–Kier alpha value is -1.31. The van der Waals surface area contributed by atoms with Gasteiger partial charge in [0.25, 0.3) is 0 Å². The number of rotatable bonds is 5. The summed E-state index contributed by atoms with van der Waals surface area (Å²) in [6.45, 7) is 0.0602. The van der Waals surface area contributed by atoms with E-state index >= 15 is 0 Å². The van der Waals surface area contributed by atoms with Crippen molar-refractivity contribution in [2.75, 3.05) is 13.1 Å². The van der Waals surface area contributed by atoms with Crippen LogP contribution in [0, 0.1) is 5.92 Å². The maximum absolute atomic E-state index is 11.9. The number of nitrogens with one attached hydrogen (secondary N) is 2. The standard InChI is InChI=1S/C12H19F3N2O3/c1-8-3-2-4-11(5-8,10(19)20)17-9(18)6-16-7-12(13,14)15/h8,16H,2-7H2,1H3,(H,17,18)(H,19,20). The lowest BCUT2D eigenvalue weighted by Gasteiger charge is -2.37. The topological polar surface area (TPSA) is 78.4 Å². The molecule has 3 N–H and O–H groups in total. The molecule has 0 radical (unpaired) electrons. The highest BCUT2D eigenvalue weighted by molar-refractivity contribution is 5.88. The number of hydrogen-bond acceptors (Lipinski definition) is 3. The van der Waals surface area contributed by atoms with Crippen molar-refractivity contribution in [2.24, 2.45) is 5.92 Å². The quantitative estimate of drug-likeness (QED) is 0.714. The Kier molecular flexibility index (Phi) is 5.38. The predicted molar refractivity (Wildman–Crippen MR) is 65.1 cm³/mol. The van der Waals surface area contributed by atoms with Crippen LogP contribution >= 0.6 is 0 Å². The fourth-order valence-electron chi connectivity index (χ4n) is 2.54. The zero-order valence-corrected chi connectivity index (χ0v) is 11.2. The van der Waals surface area contributed by atoms with Gasteiger partial charge in [-0.1, -0.05) is 19.8 Å². The van der Waals surface area contributed by atoms with E-state index in [4.69, 9.17) is 0 Å². The van der Waals surface area contributed by atoms with Gasteiger partial charge in [0.05, 0.1) is 13.1 Å². The van der Waals surface area contributed by atoms with E-state index < -0.39 is 36.7 Å². The number of amides is 1. The molecule has 0 aromatic carbocycles. The van der Waals surface area contributed by atoms with Crippen LogP contribution in [0.15, 0.2) is 0 Å². The molecule has 20 heavy (non-hydrogen) atoms. The number of carboxylic acids is 1. The molecular formula is C12H19F3N2O3. The monoisotopic (exact) mass is 296 g/mol. The number of aliphatic carboxylic acids is 1. The summed E-state index contributed by atoms with van der Waals surface area (Å²) in [5.41, 5.74) is -1.35. The SMILES string of the molecule is CC1CCCC(NC(=O)CNCC(F)(F)F)(C(=O)O)C1. The molecule has 1 aliphatic rings. The van der Waals surface area contributed by atoms with E-state index in [1.807, 2.05) is 12.2 Å². The van der Waals surface area contributed by atoms with Gasteiger partial charge in [0.2, 0.25) is 5.91 Å². The summed E-state index contributed by atoms with van der Waals surface area (Å²) in [7, 11) is 0. The van der Waals surface area contributed by atoms with Crippen LogP contribution in [0.4, 0.5) is 13.2 Å². The maximum atomic E-state index is 11.9. The van der Waals surface area contributed by atoms with Crippen molar-refractivity contribution in [3.63, 3.8) is 0 Å². The first-order chi connectivity index (χ1) is 9.15. The zero-order chi connectivity index (χ0) is 15.4. The van der Waals surface area contributed by atoms with E-state index in [1.165, 1.54) is 0 Å². The number of hydrogen-bond donors (Lipinski definition) is 3. The number of halogens is 3. The van der Waals surface area contributed by atoms with Crippen LogP contribution in [0.3, 0.4) is 0 Å². The van der Waals surface area contributed by atoms with Gasteiger partial charge < -0.3 is 15.7 Å². The molecule has 0 aromatic heterocycles. The second-order valence-corrected chi connectivity index (χ2v) is 5.36. The van der Waals surface area contributed by atoms with Crippen molar-refractivity contribution in [2.45, 2.75) is 44.3 Å². The van der Waals surface area contributed by atoms with Crippen molar-refractivity contribution in [1.29, 1.82) is 0 Å². The lowest BCUT2D eigenvalue weighted by Crippen LogP contribution is -2.58. The van der Waals surface area contributed by atoms with Crippen LogP contribution in [0.5, 0.6) is 0 Å². The lowest BCUT2D eigenvalue weighted by molar-refractivity contribution is -0.150. The zero-order valence-electron chi connectivity index (χ0n) is 11.2. The third-order valence-corrected chi connectivity index (χ3v) is 3.40. The lowest BCUT2D eigenvalue weighted by atomic mass is 9.76. The fourth-order valence-corrected chi connectivity index (χ4v) is 2.54. The fraction of sp³-hybridized carbons (Fsp3) is 0.833. The summed E-state index contributed by atoms with van der Waals surface area (Å²) in [5, 5.41) is 13.6. The predicted octanol–water partition coefficient (Wildman–Crippen LogP) is 1.29. The molecule has 1 rings (SSSR count). The molecule has 0 spiro atoms. The first-order valence-electron chi connectivity index (χ1n) is 6.46. The Morgan fingerprint density at radius 2 is 2.05 bits per heavy atom. The third-order valence-electron chi connectivity index (χ3n) is 3.40. The van der Waals surface area contributed by atoms with Gasteiger partial charge in [-0.15, -0.1) is 0 Å². The van der Waals surface area contributed by atoms with E-state index in [0.29, 0.717) is 19.3 Å². The summed E-state index contributed by atoms with van der Waals surface area (Å²) in [5.74, 6) is -1.71. The Morgan fingerprint density at radius 3 is 2.55 bits per heavy atom. The molecule has 0 aromatic rings. The largest absolute Gasteiger partial charge is 0.480 e. The van der Waals surface area contributed by atoms with Crippen LogP contribution in [0.25, 0.3) is 0 Å². The van der Waals surface area contributed by atoms with Gasteiger partial charge in [0.15, 0.2) is 0 Å². The summed E-state index contributed by atoms with van der Waals surface area (Å²) < 4.78 is 35.8. The molecule has 1 aliphatic carbocycles. The van der Waals surface area contributed by atoms with Gasteiger partial charge in [-0.05, 0) is 18.8 Å².